The lowest BCUT2D eigenvalue weighted by Crippen LogP contribution is -2.26. The lowest BCUT2D eigenvalue weighted by Gasteiger charge is -2.04. The Balaban J connectivity index is 2.52. The molecule has 14 heavy (non-hydrogen) atoms. The van der Waals surface area contributed by atoms with E-state index in [1.807, 2.05) is 0 Å². The molecule has 0 saturated carbocycles. The average molecular weight is 214 g/mol. The van der Waals surface area contributed by atoms with Gasteiger partial charge in [0.2, 0.25) is 0 Å². The molecule has 1 amide bonds. The van der Waals surface area contributed by atoms with Crippen LogP contribution in [0.2, 0.25) is 5.02 Å². The summed E-state index contributed by atoms with van der Waals surface area (Å²) in [4.78, 5) is 11.4. The third-order valence-electron chi connectivity index (χ3n) is 1.68. The lowest BCUT2D eigenvalue weighted by atomic mass is 10.2. The molecule has 1 N–H and O–H groups in total. The van der Waals surface area contributed by atoms with E-state index in [1.165, 1.54) is 0 Å². The third kappa shape index (κ3) is 3.36. The average Bonchev–Trinajstić information content (AvgIpc) is 2.18. The predicted molar refractivity (Wildman–Crippen MR) is 55.7 cm³/mol. The van der Waals surface area contributed by atoms with Gasteiger partial charge in [-0.3, -0.25) is 4.79 Å². The number of nitrogens with one attached hydrogen (secondary N) is 1. The van der Waals surface area contributed by atoms with Crippen LogP contribution in [0, 0.1) is 0 Å². The summed E-state index contributed by atoms with van der Waals surface area (Å²) in [7, 11) is 1.59. The third-order valence-corrected chi connectivity index (χ3v) is 1.91. The minimum absolute atomic E-state index is 0.135. The summed E-state index contributed by atoms with van der Waals surface area (Å²) in [6.45, 7) is 1.01. The molecule has 0 fully saturated rings. The van der Waals surface area contributed by atoms with Crippen molar-refractivity contribution in [2.75, 3.05) is 20.3 Å². The Morgan fingerprint density at radius 2 is 2.36 bits per heavy atom. The van der Waals surface area contributed by atoms with Gasteiger partial charge in [0.1, 0.15) is 0 Å². The molecule has 76 valence electrons. The van der Waals surface area contributed by atoms with Gasteiger partial charge < -0.3 is 10.1 Å². The first-order valence-electron chi connectivity index (χ1n) is 4.26. The highest BCUT2D eigenvalue weighted by atomic mass is 35.5. The number of carbonyl (C=O) groups is 1. The number of methoxy groups -OCH3 is 1. The number of benzene rings is 1. The van der Waals surface area contributed by atoms with E-state index in [0.717, 1.165) is 0 Å². The number of amides is 1. The number of rotatable bonds is 4. The summed E-state index contributed by atoms with van der Waals surface area (Å²) < 4.78 is 4.81. The van der Waals surface area contributed by atoms with Crippen LogP contribution in [0.15, 0.2) is 24.3 Å². The van der Waals surface area contributed by atoms with Gasteiger partial charge in [-0.25, -0.2) is 0 Å². The smallest absolute Gasteiger partial charge is 0.251 e. The Morgan fingerprint density at radius 3 is 3.00 bits per heavy atom. The highest BCUT2D eigenvalue weighted by Gasteiger charge is 2.03. The quantitative estimate of drug-likeness (QED) is 0.774. The van der Waals surface area contributed by atoms with Crippen molar-refractivity contribution in [2.24, 2.45) is 0 Å². The maximum Gasteiger partial charge on any atom is 0.251 e. The monoisotopic (exact) mass is 213 g/mol. The molecule has 0 atom stereocenters. The predicted octanol–water partition coefficient (Wildman–Crippen LogP) is 1.72. The first-order chi connectivity index (χ1) is 6.74. The first kappa shape index (κ1) is 11.0. The molecule has 3 nitrogen and oxygen atoms in total. The van der Waals surface area contributed by atoms with E-state index in [0.29, 0.717) is 23.7 Å². The fourth-order valence-electron chi connectivity index (χ4n) is 0.998. The number of hydrogen-bond acceptors (Lipinski definition) is 2. The van der Waals surface area contributed by atoms with Crippen molar-refractivity contribution in [3.05, 3.63) is 34.9 Å². The van der Waals surface area contributed by atoms with Crippen LogP contribution in [0.3, 0.4) is 0 Å². The summed E-state index contributed by atoms with van der Waals surface area (Å²) in [5.74, 6) is -0.135. The first-order valence-corrected chi connectivity index (χ1v) is 4.64. The summed E-state index contributed by atoms with van der Waals surface area (Å²) in [5, 5.41) is 3.26. The molecule has 0 aliphatic carbocycles. The van der Waals surface area contributed by atoms with Gasteiger partial charge in [-0.05, 0) is 18.2 Å². The van der Waals surface area contributed by atoms with Crippen LogP contribution in [-0.2, 0) is 4.74 Å². The number of ether oxygens (including phenoxy) is 1. The summed E-state index contributed by atoms with van der Waals surface area (Å²) in [6.07, 6.45) is 0. The number of halogens is 1. The SMILES string of the molecule is COCCNC(=O)c1cccc(Cl)c1. The van der Waals surface area contributed by atoms with E-state index in [1.54, 1.807) is 31.4 Å². The van der Waals surface area contributed by atoms with Gasteiger partial charge in [0.05, 0.1) is 6.61 Å². The molecule has 0 aliphatic heterocycles. The van der Waals surface area contributed by atoms with Gasteiger partial charge in [-0.2, -0.15) is 0 Å². The molecule has 0 heterocycles. The van der Waals surface area contributed by atoms with Gasteiger partial charge >= 0.3 is 0 Å². The van der Waals surface area contributed by atoms with Crippen LogP contribution in [0.1, 0.15) is 10.4 Å². The molecule has 0 unspecified atom stereocenters. The standard InChI is InChI=1S/C10H12ClNO2/c1-14-6-5-12-10(13)8-3-2-4-9(11)7-8/h2-4,7H,5-6H2,1H3,(H,12,13). The van der Waals surface area contributed by atoms with Crippen molar-refractivity contribution in [1.29, 1.82) is 0 Å². The zero-order chi connectivity index (χ0) is 10.4. The van der Waals surface area contributed by atoms with Gasteiger partial charge in [0.15, 0.2) is 0 Å². The molecule has 1 aromatic rings. The summed E-state index contributed by atoms with van der Waals surface area (Å²) in [5.41, 5.74) is 0.564. The van der Waals surface area contributed by atoms with E-state index < -0.39 is 0 Å². The van der Waals surface area contributed by atoms with Crippen molar-refractivity contribution >= 4 is 17.5 Å². The molecule has 0 radical (unpaired) electrons. The van der Waals surface area contributed by atoms with Gasteiger partial charge in [0, 0.05) is 24.2 Å². The molecule has 1 rings (SSSR count). The van der Waals surface area contributed by atoms with Crippen LogP contribution < -0.4 is 5.32 Å². The van der Waals surface area contributed by atoms with E-state index >= 15 is 0 Å². The zero-order valence-corrected chi connectivity index (χ0v) is 8.67. The molecule has 4 heteroatoms. The molecule has 0 saturated heterocycles. The van der Waals surface area contributed by atoms with Crippen molar-refractivity contribution in [2.45, 2.75) is 0 Å². The van der Waals surface area contributed by atoms with E-state index in [9.17, 15) is 4.79 Å². The van der Waals surface area contributed by atoms with Gasteiger partial charge in [0.25, 0.3) is 5.91 Å². The molecule has 0 aliphatic rings. The molecular weight excluding hydrogens is 202 g/mol. The number of carbonyl (C=O) groups excluding carboxylic acids is 1. The maximum atomic E-state index is 11.4. The normalized spacial score (nSPS) is 9.86. The Morgan fingerprint density at radius 1 is 1.57 bits per heavy atom. The van der Waals surface area contributed by atoms with Crippen LogP contribution in [0.4, 0.5) is 0 Å². The summed E-state index contributed by atoms with van der Waals surface area (Å²) in [6, 6.07) is 6.82. The molecule has 0 bridgehead atoms. The Kier molecular flexibility index (Phi) is 4.43. The largest absolute Gasteiger partial charge is 0.383 e. The van der Waals surface area contributed by atoms with Gasteiger partial charge in [-0.15, -0.1) is 0 Å². The highest BCUT2D eigenvalue weighted by Crippen LogP contribution is 2.10. The zero-order valence-electron chi connectivity index (χ0n) is 7.92. The van der Waals surface area contributed by atoms with Gasteiger partial charge in [-0.1, -0.05) is 17.7 Å². The van der Waals surface area contributed by atoms with E-state index in [2.05, 4.69) is 5.32 Å². The minimum Gasteiger partial charge on any atom is -0.383 e. The second kappa shape index (κ2) is 5.62. The van der Waals surface area contributed by atoms with E-state index in [-0.39, 0.29) is 5.91 Å². The van der Waals surface area contributed by atoms with Crippen LogP contribution in [-0.4, -0.2) is 26.2 Å². The lowest BCUT2D eigenvalue weighted by molar-refractivity contribution is 0.0937. The van der Waals surface area contributed by atoms with Crippen LogP contribution >= 0.6 is 11.6 Å². The highest BCUT2D eigenvalue weighted by molar-refractivity contribution is 6.30. The maximum absolute atomic E-state index is 11.4. The van der Waals surface area contributed by atoms with Crippen LogP contribution in [0.25, 0.3) is 0 Å². The van der Waals surface area contributed by atoms with Crippen molar-refractivity contribution in [3.8, 4) is 0 Å². The Labute approximate surface area is 88.0 Å². The molecule has 0 spiro atoms. The van der Waals surface area contributed by atoms with Crippen molar-refractivity contribution in [1.82, 2.24) is 5.32 Å². The topological polar surface area (TPSA) is 38.3 Å². The fraction of sp³-hybridized carbons (Fsp3) is 0.300. The summed E-state index contributed by atoms with van der Waals surface area (Å²) >= 11 is 5.75. The van der Waals surface area contributed by atoms with Crippen molar-refractivity contribution < 1.29 is 9.53 Å². The minimum atomic E-state index is -0.135. The van der Waals surface area contributed by atoms with Crippen molar-refractivity contribution in [3.63, 3.8) is 0 Å². The number of hydrogen-bond donors (Lipinski definition) is 1. The fourth-order valence-corrected chi connectivity index (χ4v) is 1.19. The Hall–Kier alpha value is -1.06. The second-order valence-electron chi connectivity index (χ2n) is 2.76. The Bertz CT molecular complexity index is 315. The van der Waals surface area contributed by atoms with Crippen LogP contribution in [0.5, 0.6) is 0 Å². The van der Waals surface area contributed by atoms with E-state index in [4.69, 9.17) is 16.3 Å². The molecule has 1 aromatic carbocycles. The molecular formula is C10H12ClNO2. The second-order valence-corrected chi connectivity index (χ2v) is 3.20. The molecule has 0 aromatic heterocycles.